The predicted octanol–water partition coefficient (Wildman–Crippen LogP) is -2.58. The zero-order valence-corrected chi connectivity index (χ0v) is 1.32. The Morgan fingerprint density at radius 2 is 1.75 bits per heavy atom. The van der Waals surface area contributed by atoms with E-state index < -0.39 is 0 Å². The van der Waals surface area contributed by atoms with Crippen molar-refractivity contribution in [2.45, 2.75) is 0 Å². The molecule has 0 atom stereocenters. The van der Waals surface area contributed by atoms with Gasteiger partial charge in [0.2, 0.25) is 0 Å². The molecule has 0 aromatic heterocycles. The van der Waals surface area contributed by atoms with Crippen molar-refractivity contribution in [3.63, 3.8) is 0 Å². The van der Waals surface area contributed by atoms with E-state index in [1.165, 1.54) is 0 Å². The molecule has 0 aliphatic heterocycles. The third-order valence-electron chi connectivity index (χ3n) is 0. The zero-order chi connectivity index (χ0) is 2.71. The monoisotopic (exact) mass is 137 g/mol. The average molecular weight is 137 g/mol. The van der Waals surface area contributed by atoms with Crippen molar-refractivity contribution in [2.24, 2.45) is 0 Å². The van der Waals surface area contributed by atoms with E-state index in [2.05, 4.69) is 0 Å². The fourth-order valence-corrected chi connectivity index (χ4v) is 0. The van der Waals surface area contributed by atoms with Gasteiger partial charge in [-0.1, -0.05) is 0 Å². The molecule has 4 heteroatoms. The van der Waals surface area contributed by atoms with Crippen LogP contribution in [0.25, 0.3) is 0 Å². The second kappa shape index (κ2) is 9.10. The minimum absolute atomic E-state index is 0. The van der Waals surface area contributed by atoms with Gasteiger partial charge in [0, 0.05) is 5.34 Å². The molecule has 0 spiro atoms. The second-order valence-corrected chi connectivity index (χ2v) is 0.0833. The molecular formula is H3NO2Sr. The molecule has 0 radical (unpaired) electrons. The molecule has 0 heterocycles. The molecule has 0 bridgehead atoms. The first-order valence-corrected chi connectivity index (χ1v) is 0.408. The summed E-state index contributed by atoms with van der Waals surface area (Å²) in [5.41, 5.74) is 0. The van der Waals surface area contributed by atoms with E-state index in [0.717, 1.165) is 0 Å². The molecular weight excluding hydrogens is 134 g/mol. The van der Waals surface area contributed by atoms with E-state index in [0.29, 0.717) is 0 Å². The zero-order valence-electron chi connectivity index (χ0n) is 1.32. The third-order valence-corrected chi connectivity index (χ3v) is 0. The Kier molecular flexibility index (Phi) is 20.2. The standard InChI is InChI=1S/HNO2.Sr.2H/c2-1-3;;;/h1H;;;. The molecule has 3 nitrogen and oxygen atoms in total. The van der Waals surface area contributed by atoms with Gasteiger partial charge in [-0.05, 0) is 0 Å². The molecule has 4 heavy (non-hydrogen) atoms. The van der Waals surface area contributed by atoms with E-state index in [4.69, 9.17) is 10.1 Å². The van der Waals surface area contributed by atoms with Crippen LogP contribution in [0.15, 0.2) is 0 Å². The van der Waals surface area contributed by atoms with Gasteiger partial charge in [-0.2, -0.15) is 0 Å². The molecule has 0 aromatic rings. The molecule has 0 aromatic carbocycles. The van der Waals surface area contributed by atoms with Gasteiger partial charge in [0.15, 0.2) is 0 Å². The van der Waals surface area contributed by atoms with Crippen LogP contribution in [0.2, 0.25) is 0 Å². The van der Waals surface area contributed by atoms with Gasteiger partial charge in [0.1, 0.15) is 0 Å². The van der Waals surface area contributed by atoms with Gasteiger partial charge < -0.3 is 0 Å². The normalized spacial score (nSPS) is 3.00. The van der Waals surface area contributed by atoms with Crippen LogP contribution in [-0.4, -0.2) is 45.5 Å². The van der Waals surface area contributed by atoms with Crippen LogP contribution in [0.5, 0.6) is 0 Å². The molecule has 0 unspecified atom stereocenters. The molecule has 22 valence electrons. The first-order valence-electron chi connectivity index (χ1n) is 0.408. The first-order chi connectivity index (χ1) is 1.41. The third kappa shape index (κ3) is 13.1. The van der Waals surface area contributed by atoms with Gasteiger partial charge in [-0.25, -0.2) is 0 Å². The first kappa shape index (κ1) is 8.86. The van der Waals surface area contributed by atoms with Crippen molar-refractivity contribution in [3.05, 3.63) is 10.1 Å². The molecule has 0 amide bonds. The van der Waals surface area contributed by atoms with E-state index in [-0.39, 0.29) is 50.8 Å². The van der Waals surface area contributed by atoms with E-state index in [1.807, 2.05) is 0 Å². The molecule has 0 saturated heterocycles. The number of nitrogens with one attached hydrogen (secondary N) is 1. The topological polar surface area (TPSA) is 54.1 Å². The summed E-state index contributed by atoms with van der Waals surface area (Å²) >= 11 is 0. The summed E-state index contributed by atoms with van der Waals surface area (Å²) in [7, 11) is 0. The van der Waals surface area contributed by atoms with Crippen molar-refractivity contribution < 1.29 is 5.34 Å². The molecule has 0 aliphatic carbocycles. The van der Waals surface area contributed by atoms with E-state index in [1.54, 1.807) is 0 Å². The number of hydrogen-bond donors (Lipinski definition) is 1. The second-order valence-electron chi connectivity index (χ2n) is 0.0833. The Bertz CT molecular complexity index is 13.5. The van der Waals surface area contributed by atoms with E-state index in [9.17, 15) is 0 Å². The van der Waals surface area contributed by atoms with Crippen molar-refractivity contribution in [3.8, 4) is 0 Å². The van der Waals surface area contributed by atoms with Gasteiger partial charge in [-0.3, -0.25) is 10.1 Å². The fraction of sp³-hybridized carbons (Fsp3) is 0. The van der Waals surface area contributed by atoms with Gasteiger partial charge >= 0.3 is 45.5 Å². The van der Waals surface area contributed by atoms with Crippen LogP contribution in [0.4, 0.5) is 0 Å². The van der Waals surface area contributed by atoms with Crippen molar-refractivity contribution >= 4 is 45.5 Å². The Morgan fingerprint density at radius 3 is 1.75 bits per heavy atom. The Hall–Kier alpha value is 0.881. The van der Waals surface area contributed by atoms with Crippen LogP contribution in [-0.2, 0) is 0 Å². The molecule has 1 N–H and O–H groups in total. The van der Waals surface area contributed by atoms with Crippen LogP contribution in [0, 0.1) is 10.1 Å². The summed E-state index contributed by atoms with van der Waals surface area (Å²) in [5, 5.41) is 8.38. The fourth-order valence-electron chi connectivity index (χ4n) is 0. The summed E-state index contributed by atoms with van der Waals surface area (Å²) < 4.78 is 0. The van der Waals surface area contributed by atoms with Crippen molar-refractivity contribution in [2.75, 3.05) is 0 Å². The number of hydrogen-bond acceptors (Lipinski definition) is 2. The minimum atomic E-state index is 0. The average Bonchev–Trinajstić information content (AvgIpc) is 0.918. The van der Waals surface area contributed by atoms with Crippen LogP contribution >= 0.6 is 0 Å². The molecule has 0 aliphatic rings. The predicted molar refractivity (Wildman–Crippen MR) is 16.2 cm³/mol. The summed E-state index contributed by atoms with van der Waals surface area (Å²) in [6, 6.07) is 0. The van der Waals surface area contributed by atoms with Crippen LogP contribution in [0.1, 0.15) is 0 Å². The van der Waals surface area contributed by atoms with Crippen molar-refractivity contribution in [1.29, 1.82) is 0 Å². The van der Waals surface area contributed by atoms with Crippen LogP contribution < -0.4 is 5.34 Å². The Morgan fingerprint density at radius 1 is 1.75 bits per heavy atom. The summed E-state index contributed by atoms with van der Waals surface area (Å²) in [5.74, 6) is 0. The molecule has 0 fully saturated rings. The van der Waals surface area contributed by atoms with E-state index >= 15 is 0 Å². The van der Waals surface area contributed by atoms with Gasteiger partial charge in [0.25, 0.3) is 0 Å². The maximum absolute atomic E-state index is 8.12. The SMILES string of the molecule is O=[NH+][O-].[SrH2]. The number of rotatable bonds is 0. The maximum atomic E-state index is 8.12. The van der Waals surface area contributed by atoms with Crippen molar-refractivity contribution in [1.82, 2.24) is 0 Å². The quantitative estimate of drug-likeness (QED) is 0.226. The van der Waals surface area contributed by atoms with Gasteiger partial charge in [-0.15, -0.1) is 0 Å². The summed E-state index contributed by atoms with van der Waals surface area (Å²) in [4.78, 5) is 8.12. The summed E-state index contributed by atoms with van der Waals surface area (Å²) in [6.07, 6.45) is 0. The molecule has 0 rings (SSSR count). The Balaban J connectivity index is 0. The Labute approximate surface area is 60.2 Å². The van der Waals surface area contributed by atoms with Crippen LogP contribution in [0.3, 0.4) is 0 Å². The molecule has 0 saturated carbocycles. The summed E-state index contributed by atoms with van der Waals surface area (Å²) in [6.45, 7) is 0. The van der Waals surface area contributed by atoms with Gasteiger partial charge in [0.05, 0.1) is 0 Å².